The molecule has 6 nitrogen and oxygen atoms in total. The standard InChI is InChI=1S/C19H24N6/c1-2-7-17-22-18(24-12-6-10-20-11-13-24)16-14-21-25(19(16)23-17)15-8-4-3-5-9-15/h3-5,8-9,14,20H,2,6-7,10-13H2,1H3. The molecular weight excluding hydrogens is 312 g/mol. The molecule has 1 saturated heterocycles. The number of anilines is 1. The molecule has 0 saturated carbocycles. The Morgan fingerprint density at radius 2 is 1.96 bits per heavy atom. The molecule has 3 heterocycles. The van der Waals surface area contributed by atoms with Crippen molar-refractivity contribution in [2.45, 2.75) is 26.2 Å². The minimum atomic E-state index is 0.884. The number of aryl methyl sites for hydroxylation is 1. The fourth-order valence-corrected chi connectivity index (χ4v) is 3.33. The van der Waals surface area contributed by atoms with Crippen molar-refractivity contribution < 1.29 is 0 Å². The van der Waals surface area contributed by atoms with Crippen molar-refractivity contribution in [3.63, 3.8) is 0 Å². The maximum absolute atomic E-state index is 4.90. The van der Waals surface area contributed by atoms with Gasteiger partial charge in [0.1, 0.15) is 11.6 Å². The molecule has 6 heteroatoms. The fraction of sp³-hybridized carbons (Fsp3) is 0.421. The van der Waals surface area contributed by atoms with Crippen LogP contribution in [0.4, 0.5) is 5.82 Å². The Kier molecular flexibility index (Phi) is 4.61. The number of hydrogen-bond acceptors (Lipinski definition) is 5. The molecule has 0 atom stereocenters. The zero-order valence-corrected chi connectivity index (χ0v) is 14.6. The third-order valence-corrected chi connectivity index (χ3v) is 4.57. The molecule has 1 N–H and O–H groups in total. The molecule has 1 fully saturated rings. The van der Waals surface area contributed by atoms with Crippen molar-refractivity contribution in [1.82, 2.24) is 25.1 Å². The van der Waals surface area contributed by atoms with Gasteiger partial charge in [0.25, 0.3) is 0 Å². The Labute approximate surface area is 147 Å². The molecule has 1 aromatic carbocycles. The van der Waals surface area contributed by atoms with Crippen LogP contribution in [-0.2, 0) is 6.42 Å². The fourth-order valence-electron chi connectivity index (χ4n) is 3.33. The van der Waals surface area contributed by atoms with Crippen molar-refractivity contribution in [2.75, 3.05) is 31.1 Å². The van der Waals surface area contributed by atoms with E-state index in [9.17, 15) is 0 Å². The minimum Gasteiger partial charge on any atom is -0.355 e. The quantitative estimate of drug-likeness (QED) is 0.793. The maximum atomic E-state index is 4.90. The number of rotatable bonds is 4. The third-order valence-electron chi connectivity index (χ3n) is 4.57. The van der Waals surface area contributed by atoms with E-state index in [1.54, 1.807) is 0 Å². The number of nitrogens with zero attached hydrogens (tertiary/aromatic N) is 5. The lowest BCUT2D eigenvalue weighted by molar-refractivity contribution is 0.724. The van der Waals surface area contributed by atoms with Crippen LogP contribution in [0.3, 0.4) is 0 Å². The van der Waals surface area contributed by atoms with Crippen LogP contribution in [0.15, 0.2) is 36.5 Å². The summed E-state index contributed by atoms with van der Waals surface area (Å²) in [6.07, 6.45) is 4.95. The lowest BCUT2D eigenvalue weighted by Gasteiger charge is -2.22. The molecule has 1 aliphatic heterocycles. The topological polar surface area (TPSA) is 58.9 Å². The average molecular weight is 336 g/mol. The van der Waals surface area contributed by atoms with Crippen molar-refractivity contribution in [1.29, 1.82) is 0 Å². The summed E-state index contributed by atoms with van der Waals surface area (Å²) in [5.74, 6) is 1.93. The smallest absolute Gasteiger partial charge is 0.168 e. The van der Waals surface area contributed by atoms with Gasteiger partial charge < -0.3 is 10.2 Å². The van der Waals surface area contributed by atoms with E-state index in [2.05, 4.69) is 34.4 Å². The summed E-state index contributed by atoms with van der Waals surface area (Å²) in [4.78, 5) is 12.1. The highest BCUT2D eigenvalue weighted by Crippen LogP contribution is 2.26. The Bertz CT molecular complexity index is 834. The van der Waals surface area contributed by atoms with Crippen LogP contribution >= 0.6 is 0 Å². The predicted octanol–water partition coefficient (Wildman–Crippen LogP) is 2.57. The van der Waals surface area contributed by atoms with E-state index in [1.165, 1.54) is 0 Å². The molecule has 0 aliphatic carbocycles. The maximum Gasteiger partial charge on any atom is 0.168 e. The molecular formula is C19H24N6. The first-order valence-electron chi connectivity index (χ1n) is 9.12. The van der Waals surface area contributed by atoms with Crippen LogP contribution in [0.1, 0.15) is 25.6 Å². The Morgan fingerprint density at radius 3 is 2.80 bits per heavy atom. The van der Waals surface area contributed by atoms with E-state index in [1.807, 2.05) is 29.1 Å². The largest absolute Gasteiger partial charge is 0.355 e. The Morgan fingerprint density at radius 1 is 1.08 bits per heavy atom. The second kappa shape index (κ2) is 7.19. The number of nitrogens with one attached hydrogen (secondary N) is 1. The normalized spacial score (nSPS) is 15.5. The van der Waals surface area contributed by atoms with E-state index >= 15 is 0 Å². The van der Waals surface area contributed by atoms with Gasteiger partial charge in [0.2, 0.25) is 0 Å². The van der Waals surface area contributed by atoms with Crippen molar-refractivity contribution in [2.24, 2.45) is 0 Å². The summed E-state index contributed by atoms with van der Waals surface area (Å²) < 4.78 is 1.93. The Balaban J connectivity index is 1.85. The Hall–Kier alpha value is -2.47. The zero-order valence-electron chi connectivity index (χ0n) is 14.6. The summed E-state index contributed by atoms with van der Waals surface area (Å²) in [6, 6.07) is 10.2. The molecule has 25 heavy (non-hydrogen) atoms. The summed E-state index contributed by atoms with van der Waals surface area (Å²) in [5, 5.41) is 9.11. The van der Waals surface area contributed by atoms with Crippen LogP contribution in [0.2, 0.25) is 0 Å². The van der Waals surface area contributed by atoms with Crippen LogP contribution < -0.4 is 10.2 Å². The highest BCUT2D eigenvalue weighted by atomic mass is 15.3. The summed E-state index contributed by atoms with van der Waals surface area (Å²) in [7, 11) is 0. The molecule has 3 aromatic rings. The van der Waals surface area contributed by atoms with Gasteiger partial charge in [-0.15, -0.1) is 0 Å². The monoisotopic (exact) mass is 336 g/mol. The number of benzene rings is 1. The van der Waals surface area contributed by atoms with Gasteiger partial charge in [-0.05, 0) is 31.5 Å². The van der Waals surface area contributed by atoms with Crippen LogP contribution in [0, 0.1) is 0 Å². The minimum absolute atomic E-state index is 0.884. The number of hydrogen-bond donors (Lipinski definition) is 1. The van der Waals surface area contributed by atoms with Gasteiger partial charge in [0.15, 0.2) is 5.65 Å². The molecule has 0 amide bonds. The first-order chi connectivity index (χ1) is 12.4. The molecule has 0 radical (unpaired) electrons. The lowest BCUT2D eigenvalue weighted by Crippen LogP contribution is -2.29. The van der Waals surface area contributed by atoms with Gasteiger partial charge in [-0.2, -0.15) is 5.10 Å². The van der Waals surface area contributed by atoms with E-state index < -0.39 is 0 Å². The SMILES string of the molecule is CCCc1nc(N2CCCNCC2)c2cnn(-c3ccccc3)c2n1. The van der Waals surface area contributed by atoms with E-state index in [4.69, 9.17) is 9.97 Å². The molecule has 4 rings (SSSR count). The lowest BCUT2D eigenvalue weighted by atomic mass is 10.2. The number of para-hydroxylation sites is 1. The van der Waals surface area contributed by atoms with Gasteiger partial charge in [0.05, 0.1) is 17.3 Å². The first kappa shape index (κ1) is 16.0. The number of fused-ring (bicyclic) bond motifs is 1. The van der Waals surface area contributed by atoms with E-state index in [-0.39, 0.29) is 0 Å². The molecule has 1 aliphatic rings. The number of aromatic nitrogens is 4. The molecule has 2 aromatic heterocycles. The molecule has 0 bridgehead atoms. The van der Waals surface area contributed by atoms with Crippen molar-refractivity contribution >= 4 is 16.9 Å². The third kappa shape index (κ3) is 3.22. The van der Waals surface area contributed by atoms with E-state index in [0.717, 1.165) is 73.8 Å². The second-order valence-electron chi connectivity index (χ2n) is 6.43. The first-order valence-corrected chi connectivity index (χ1v) is 9.12. The van der Waals surface area contributed by atoms with Crippen LogP contribution in [-0.4, -0.2) is 45.9 Å². The zero-order chi connectivity index (χ0) is 17.1. The highest BCUT2D eigenvalue weighted by Gasteiger charge is 2.19. The van der Waals surface area contributed by atoms with Crippen molar-refractivity contribution in [3.8, 4) is 5.69 Å². The van der Waals surface area contributed by atoms with Gasteiger partial charge in [-0.1, -0.05) is 25.1 Å². The summed E-state index contributed by atoms with van der Waals surface area (Å²) in [5.41, 5.74) is 1.93. The van der Waals surface area contributed by atoms with Crippen molar-refractivity contribution in [3.05, 3.63) is 42.4 Å². The predicted molar refractivity (Wildman–Crippen MR) is 100 cm³/mol. The van der Waals surface area contributed by atoms with Crippen LogP contribution in [0.5, 0.6) is 0 Å². The highest BCUT2D eigenvalue weighted by molar-refractivity contribution is 5.88. The van der Waals surface area contributed by atoms with Gasteiger partial charge in [0, 0.05) is 26.1 Å². The average Bonchev–Trinajstić information content (AvgIpc) is 2.88. The van der Waals surface area contributed by atoms with E-state index in [0.29, 0.717) is 0 Å². The molecule has 130 valence electrons. The summed E-state index contributed by atoms with van der Waals surface area (Å²) >= 11 is 0. The van der Waals surface area contributed by atoms with Gasteiger partial charge >= 0.3 is 0 Å². The van der Waals surface area contributed by atoms with Crippen LogP contribution in [0.25, 0.3) is 16.7 Å². The second-order valence-corrected chi connectivity index (χ2v) is 6.43. The van der Waals surface area contributed by atoms with Gasteiger partial charge in [-0.25, -0.2) is 14.6 Å². The summed E-state index contributed by atoms with van der Waals surface area (Å²) in [6.45, 7) is 6.20. The van der Waals surface area contributed by atoms with Gasteiger partial charge in [-0.3, -0.25) is 0 Å². The molecule has 0 unspecified atom stereocenters. The molecule has 0 spiro atoms.